The molecule has 2 unspecified atom stereocenters. The maximum absolute atomic E-state index is 12.7. The summed E-state index contributed by atoms with van der Waals surface area (Å²) in [4.78, 5) is 17.7. The van der Waals surface area contributed by atoms with Gasteiger partial charge in [0.2, 0.25) is 0 Å². The van der Waals surface area contributed by atoms with Crippen molar-refractivity contribution in [2.45, 2.75) is 13.0 Å². The number of quaternary nitrogens is 1. The third kappa shape index (κ3) is 4.15. The number of carbonyl (C=O) groups is 1. The lowest BCUT2D eigenvalue weighted by Crippen LogP contribution is -2.61. The Kier molecular flexibility index (Phi) is 6.26. The number of hydrogen-bond acceptors (Lipinski definition) is 4. The van der Waals surface area contributed by atoms with Crippen LogP contribution in [0.5, 0.6) is 5.75 Å². The van der Waals surface area contributed by atoms with Gasteiger partial charge in [-0.2, -0.15) is 0 Å². The number of carbonyl (C=O) groups excluding carboxylic acids is 1. The van der Waals surface area contributed by atoms with Gasteiger partial charge in [0, 0.05) is 44.0 Å². The van der Waals surface area contributed by atoms with Crippen LogP contribution in [0.3, 0.4) is 0 Å². The van der Waals surface area contributed by atoms with Gasteiger partial charge in [0.15, 0.2) is 12.4 Å². The number of fused-ring (bicyclic) bond motifs is 1. The molecule has 1 saturated heterocycles. The number of methoxy groups -OCH3 is 1. The van der Waals surface area contributed by atoms with E-state index < -0.39 is 0 Å². The predicted octanol–water partition coefficient (Wildman–Crippen LogP) is 4.25. The Bertz CT molecular complexity index is 1140. The first-order valence-corrected chi connectivity index (χ1v) is 12.0. The summed E-state index contributed by atoms with van der Waals surface area (Å²) in [7, 11) is 1.71. The van der Waals surface area contributed by atoms with E-state index in [-0.39, 0.29) is 5.91 Å². The van der Waals surface area contributed by atoms with Gasteiger partial charge in [-0.15, -0.1) is 0 Å². The summed E-state index contributed by atoms with van der Waals surface area (Å²) < 4.78 is 6.03. The summed E-state index contributed by atoms with van der Waals surface area (Å²) in [5, 5.41) is 3.17. The highest BCUT2D eigenvalue weighted by atomic mass is 16.5. The highest BCUT2D eigenvalue weighted by Crippen LogP contribution is 2.39. The Morgan fingerprint density at radius 2 is 1.68 bits per heavy atom. The molecule has 0 aromatic heterocycles. The molecule has 3 aromatic rings. The van der Waals surface area contributed by atoms with Crippen molar-refractivity contribution in [2.24, 2.45) is 0 Å². The van der Waals surface area contributed by atoms with E-state index in [0.29, 0.717) is 17.2 Å². The Hall–Kier alpha value is -3.35. The molecule has 1 fully saturated rings. The van der Waals surface area contributed by atoms with Crippen LogP contribution in [0.2, 0.25) is 0 Å². The zero-order valence-corrected chi connectivity index (χ0v) is 20.0. The van der Waals surface area contributed by atoms with Crippen molar-refractivity contribution >= 4 is 23.0 Å². The maximum Gasteiger partial charge on any atom is 0.261 e. The number of hydrogen-bond donors (Lipinski definition) is 1. The van der Waals surface area contributed by atoms with Crippen LogP contribution in [0.25, 0.3) is 0 Å². The van der Waals surface area contributed by atoms with E-state index in [9.17, 15) is 4.79 Å². The second-order valence-corrected chi connectivity index (χ2v) is 9.24. The molecule has 1 amide bonds. The van der Waals surface area contributed by atoms with E-state index in [1.807, 2.05) is 24.3 Å². The number of nitrogens with zero attached hydrogens (tertiary/aromatic N) is 3. The second-order valence-electron chi connectivity index (χ2n) is 9.24. The van der Waals surface area contributed by atoms with Crippen LogP contribution in [0.1, 0.15) is 17.3 Å². The standard InChI is InChI=1S/C28H32N4O2/c1-22(30-15-17-31(18-16-30)23-9-8-12-25(19-23)34-2)20-32(24-10-4-3-5-11-24)21-29-28(33)26-13-6-7-14-27(26)32/h3-14,19,22H,15-18,20-21H2,1-2H3/p+1. The summed E-state index contributed by atoms with van der Waals surface area (Å²) in [5.74, 6) is 0.910. The molecule has 34 heavy (non-hydrogen) atoms. The number of para-hydroxylation sites is 2. The molecule has 0 bridgehead atoms. The minimum absolute atomic E-state index is 0.0137. The lowest BCUT2D eigenvalue weighted by Gasteiger charge is -2.46. The first-order chi connectivity index (χ1) is 16.6. The van der Waals surface area contributed by atoms with Crippen LogP contribution in [-0.2, 0) is 0 Å². The van der Waals surface area contributed by atoms with E-state index in [2.05, 4.69) is 76.6 Å². The third-order valence-corrected chi connectivity index (χ3v) is 7.30. The zero-order valence-electron chi connectivity index (χ0n) is 20.0. The molecule has 6 heteroatoms. The molecule has 3 aromatic carbocycles. The van der Waals surface area contributed by atoms with Crippen molar-refractivity contribution in [3.8, 4) is 5.75 Å². The second kappa shape index (κ2) is 9.49. The average Bonchev–Trinajstić information content (AvgIpc) is 2.91. The molecule has 0 aliphatic carbocycles. The van der Waals surface area contributed by atoms with Crippen LogP contribution in [0.4, 0.5) is 17.1 Å². The Balaban J connectivity index is 1.37. The third-order valence-electron chi connectivity index (χ3n) is 7.30. The molecule has 0 saturated carbocycles. The van der Waals surface area contributed by atoms with Gasteiger partial charge >= 0.3 is 0 Å². The summed E-state index contributed by atoms with van der Waals surface area (Å²) in [6.07, 6.45) is 0. The van der Waals surface area contributed by atoms with Crippen LogP contribution in [0, 0.1) is 0 Å². The molecule has 2 aliphatic heterocycles. The van der Waals surface area contributed by atoms with Gasteiger partial charge in [0.25, 0.3) is 5.91 Å². The number of amides is 1. The van der Waals surface area contributed by atoms with Crippen LogP contribution >= 0.6 is 0 Å². The number of piperazine rings is 1. The number of rotatable bonds is 6. The quantitative estimate of drug-likeness (QED) is 0.562. The van der Waals surface area contributed by atoms with Gasteiger partial charge in [-0.3, -0.25) is 9.69 Å². The molecular weight excluding hydrogens is 424 g/mol. The minimum atomic E-state index is 0.0137. The average molecular weight is 458 g/mol. The predicted molar refractivity (Wildman–Crippen MR) is 138 cm³/mol. The molecule has 2 atom stereocenters. The maximum atomic E-state index is 12.7. The van der Waals surface area contributed by atoms with Gasteiger partial charge < -0.3 is 15.0 Å². The fourth-order valence-electron chi connectivity index (χ4n) is 5.43. The van der Waals surface area contributed by atoms with Gasteiger partial charge in [-0.05, 0) is 37.3 Å². The molecule has 2 aliphatic rings. The van der Waals surface area contributed by atoms with Crippen LogP contribution in [0.15, 0.2) is 78.9 Å². The van der Waals surface area contributed by atoms with Crippen molar-refractivity contribution in [2.75, 3.05) is 51.4 Å². The van der Waals surface area contributed by atoms with Crippen molar-refractivity contribution in [3.05, 3.63) is 84.4 Å². The van der Waals surface area contributed by atoms with Gasteiger partial charge in [0.05, 0.1) is 13.2 Å². The largest absolute Gasteiger partial charge is 0.497 e. The van der Waals surface area contributed by atoms with Crippen molar-refractivity contribution in [3.63, 3.8) is 0 Å². The van der Waals surface area contributed by atoms with Crippen LogP contribution in [-0.4, -0.2) is 63.4 Å². The topological polar surface area (TPSA) is 44.8 Å². The van der Waals surface area contributed by atoms with Gasteiger partial charge in [-0.25, -0.2) is 4.48 Å². The first kappa shape index (κ1) is 22.4. The van der Waals surface area contributed by atoms with Gasteiger partial charge in [-0.1, -0.05) is 36.4 Å². The lowest BCUT2D eigenvalue weighted by molar-refractivity contribution is 0.0900. The summed E-state index contributed by atoms with van der Waals surface area (Å²) in [6, 6.07) is 27.3. The monoisotopic (exact) mass is 457 g/mol. The number of anilines is 1. The summed E-state index contributed by atoms with van der Waals surface area (Å²) in [5.41, 5.74) is 4.27. The minimum Gasteiger partial charge on any atom is -0.497 e. The van der Waals surface area contributed by atoms with E-state index in [4.69, 9.17) is 4.74 Å². The smallest absolute Gasteiger partial charge is 0.261 e. The molecule has 2 heterocycles. The highest BCUT2D eigenvalue weighted by Gasteiger charge is 2.43. The molecule has 176 valence electrons. The lowest BCUT2D eigenvalue weighted by atomic mass is 10.0. The summed E-state index contributed by atoms with van der Waals surface area (Å²) >= 11 is 0. The molecule has 1 N–H and O–H groups in total. The fraction of sp³-hybridized carbons (Fsp3) is 0.321. The Morgan fingerprint density at radius 1 is 0.941 bits per heavy atom. The SMILES string of the molecule is COc1cccc(N2CCN(C(C)C[N+]3(c4ccccc4)CNC(=O)c4ccccc43)CC2)c1. The molecule has 0 radical (unpaired) electrons. The van der Waals surface area contributed by atoms with Crippen LogP contribution < -0.4 is 19.4 Å². The van der Waals surface area contributed by atoms with Crippen molar-refractivity contribution in [1.82, 2.24) is 14.7 Å². The number of nitrogens with one attached hydrogen (secondary N) is 1. The van der Waals surface area contributed by atoms with E-state index in [1.165, 1.54) is 11.4 Å². The first-order valence-electron chi connectivity index (χ1n) is 12.0. The fourth-order valence-corrected chi connectivity index (χ4v) is 5.43. The van der Waals surface area contributed by atoms with Crippen molar-refractivity contribution < 1.29 is 9.53 Å². The van der Waals surface area contributed by atoms with Crippen molar-refractivity contribution in [1.29, 1.82) is 0 Å². The number of ether oxygens (including phenoxy) is 1. The van der Waals surface area contributed by atoms with E-state index in [0.717, 1.165) is 49.7 Å². The molecular formula is C28H33N4O2+. The molecule has 5 rings (SSSR count). The van der Waals surface area contributed by atoms with Gasteiger partial charge in [0.1, 0.15) is 23.5 Å². The molecule has 6 nitrogen and oxygen atoms in total. The highest BCUT2D eigenvalue weighted by molar-refractivity contribution is 6.01. The summed E-state index contributed by atoms with van der Waals surface area (Å²) in [6.45, 7) is 7.74. The van der Waals surface area contributed by atoms with E-state index in [1.54, 1.807) is 7.11 Å². The zero-order chi connectivity index (χ0) is 23.5. The Labute approximate surface area is 201 Å². The Morgan fingerprint density at radius 3 is 2.44 bits per heavy atom. The van der Waals surface area contributed by atoms with E-state index >= 15 is 0 Å². The normalized spacial score (nSPS) is 21.5. The number of benzene rings is 3. The molecule has 0 spiro atoms.